The van der Waals surface area contributed by atoms with Gasteiger partial charge < -0.3 is 9.15 Å². The number of benzene rings is 1. The summed E-state index contributed by atoms with van der Waals surface area (Å²) in [7, 11) is -1.12. The van der Waals surface area contributed by atoms with Crippen molar-refractivity contribution in [3.63, 3.8) is 0 Å². The SMILES string of the molecule is CCCCC(=O)Oc1ccc2oc(/C=C/S(C)=O)cc(=O)c2c1. The number of hydrogen-bond acceptors (Lipinski definition) is 5. The maximum Gasteiger partial charge on any atom is 0.311 e. The first-order valence-corrected chi connectivity index (χ1v) is 8.90. The standard InChI is InChI=1S/C17H18O5S/c1-3-4-5-17(19)22-12-6-7-16-14(10-12)15(18)11-13(21-16)8-9-23(2)20/h6-11H,3-5H2,1-2H3/b9-8+. The van der Waals surface area contributed by atoms with E-state index in [2.05, 4.69) is 0 Å². The molecule has 1 aromatic carbocycles. The zero-order chi connectivity index (χ0) is 16.8. The zero-order valence-electron chi connectivity index (χ0n) is 13.0. The lowest BCUT2D eigenvalue weighted by Crippen LogP contribution is -2.08. The predicted molar refractivity (Wildman–Crippen MR) is 90.7 cm³/mol. The van der Waals surface area contributed by atoms with Gasteiger partial charge in [0.15, 0.2) is 5.43 Å². The van der Waals surface area contributed by atoms with Gasteiger partial charge in [0.25, 0.3) is 0 Å². The van der Waals surface area contributed by atoms with Gasteiger partial charge in [-0.15, -0.1) is 0 Å². The molecule has 1 heterocycles. The van der Waals surface area contributed by atoms with Crippen molar-refractivity contribution in [1.82, 2.24) is 0 Å². The van der Waals surface area contributed by atoms with Crippen molar-refractivity contribution in [3.8, 4) is 5.75 Å². The maximum atomic E-state index is 12.1. The Morgan fingerprint density at radius 3 is 2.83 bits per heavy atom. The van der Waals surface area contributed by atoms with Gasteiger partial charge in [0.2, 0.25) is 0 Å². The molecule has 0 N–H and O–H groups in total. The van der Waals surface area contributed by atoms with E-state index in [1.807, 2.05) is 6.92 Å². The number of rotatable bonds is 6. The molecule has 0 bridgehead atoms. The number of unbranched alkanes of at least 4 members (excludes halogenated alkanes) is 1. The first-order valence-electron chi connectivity index (χ1n) is 7.28. The van der Waals surface area contributed by atoms with Crippen LogP contribution in [0.1, 0.15) is 31.9 Å². The van der Waals surface area contributed by atoms with Crippen LogP contribution in [0, 0.1) is 0 Å². The van der Waals surface area contributed by atoms with Crippen LogP contribution in [-0.2, 0) is 15.6 Å². The van der Waals surface area contributed by atoms with Gasteiger partial charge in [0, 0.05) is 35.0 Å². The van der Waals surface area contributed by atoms with E-state index in [0.717, 1.165) is 12.8 Å². The van der Waals surface area contributed by atoms with Gasteiger partial charge in [-0.05, 0) is 30.7 Å². The highest BCUT2D eigenvalue weighted by Crippen LogP contribution is 2.20. The summed E-state index contributed by atoms with van der Waals surface area (Å²) in [5.74, 6) is 0.329. The van der Waals surface area contributed by atoms with Crippen molar-refractivity contribution in [2.75, 3.05) is 6.26 Å². The molecule has 0 saturated carbocycles. The van der Waals surface area contributed by atoms with Crippen molar-refractivity contribution < 1.29 is 18.2 Å². The fourth-order valence-electron chi connectivity index (χ4n) is 1.97. The molecular formula is C17H18O5S. The van der Waals surface area contributed by atoms with Crippen LogP contribution in [0.4, 0.5) is 0 Å². The van der Waals surface area contributed by atoms with Crippen LogP contribution in [0.3, 0.4) is 0 Å². The Bertz CT molecular complexity index is 819. The molecule has 0 aliphatic heterocycles. The molecule has 0 radical (unpaired) electrons. The van der Waals surface area contributed by atoms with Crippen molar-refractivity contribution in [2.24, 2.45) is 0 Å². The van der Waals surface area contributed by atoms with Gasteiger partial charge in [-0.25, -0.2) is 0 Å². The van der Waals surface area contributed by atoms with Gasteiger partial charge >= 0.3 is 5.97 Å². The number of hydrogen-bond donors (Lipinski definition) is 0. The third kappa shape index (κ3) is 4.89. The van der Waals surface area contributed by atoms with Gasteiger partial charge in [-0.1, -0.05) is 13.3 Å². The Labute approximate surface area is 136 Å². The van der Waals surface area contributed by atoms with Gasteiger partial charge in [0.1, 0.15) is 17.1 Å². The second-order valence-corrected chi connectivity index (χ2v) is 6.32. The number of esters is 1. The van der Waals surface area contributed by atoms with Crippen LogP contribution in [0.2, 0.25) is 0 Å². The fourth-order valence-corrected chi connectivity index (χ4v) is 2.29. The molecule has 0 saturated heterocycles. The van der Waals surface area contributed by atoms with E-state index in [-0.39, 0.29) is 11.4 Å². The predicted octanol–water partition coefficient (Wildman–Crippen LogP) is 3.24. The van der Waals surface area contributed by atoms with E-state index in [0.29, 0.717) is 28.9 Å². The summed E-state index contributed by atoms with van der Waals surface area (Å²) in [5, 5.41) is 1.77. The van der Waals surface area contributed by atoms with Gasteiger partial charge in [-0.3, -0.25) is 13.8 Å². The lowest BCUT2D eigenvalue weighted by molar-refractivity contribution is -0.134. The van der Waals surface area contributed by atoms with Crippen molar-refractivity contribution in [3.05, 3.63) is 45.7 Å². The molecule has 0 amide bonds. The molecular weight excluding hydrogens is 316 g/mol. The van der Waals surface area contributed by atoms with Crippen LogP contribution < -0.4 is 10.2 Å². The quantitative estimate of drug-likeness (QED) is 0.599. The average molecular weight is 334 g/mol. The van der Waals surface area contributed by atoms with Crippen LogP contribution in [-0.4, -0.2) is 16.4 Å². The first kappa shape index (κ1) is 17.1. The van der Waals surface area contributed by atoms with E-state index in [9.17, 15) is 13.8 Å². The lowest BCUT2D eigenvalue weighted by atomic mass is 10.2. The van der Waals surface area contributed by atoms with Crippen LogP contribution in [0.15, 0.2) is 38.9 Å². The molecule has 5 nitrogen and oxygen atoms in total. The van der Waals surface area contributed by atoms with Crippen LogP contribution in [0.5, 0.6) is 5.75 Å². The Balaban J connectivity index is 2.28. The number of fused-ring (bicyclic) bond motifs is 1. The smallest absolute Gasteiger partial charge is 0.311 e. The van der Waals surface area contributed by atoms with Crippen LogP contribution in [0.25, 0.3) is 17.0 Å². The summed E-state index contributed by atoms with van der Waals surface area (Å²) in [6.07, 6.45) is 5.05. The number of carbonyl (C=O) groups excluding carboxylic acids is 1. The molecule has 2 aromatic rings. The summed E-state index contributed by atoms with van der Waals surface area (Å²) in [6.45, 7) is 1.99. The molecule has 1 aromatic heterocycles. The largest absolute Gasteiger partial charge is 0.456 e. The van der Waals surface area contributed by atoms with E-state index in [1.165, 1.54) is 29.9 Å². The van der Waals surface area contributed by atoms with Crippen molar-refractivity contribution in [1.29, 1.82) is 0 Å². The number of carbonyl (C=O) groups is 1. The van der Waals surface area contributed by atoms with E-state index in [4.69, 9.17) is 9.15 Å². The van der Waals surface area contributed by atoms with Gasteiger partial charge in [0.05, 0.1) is 5.39 Å². The summed E-state index contributed by atoms with van der Waals surface area (Å²) in [4.78, 5) is 23.8. The summed E-state index contributed by atoms with van der Waals surface area (Å²) in [6, 6.07) is 5.98. The third-order valence-corrected chi connectivity index (χ3v) is 3.63. The van der Waals surface area contributed by atoms with Crippen molar-refractivity contribution in [2.45, 2.75) is 26.2 Å². The number of ether oxygens (including phenoxy) is 1. The monoisotopic (exact) mass is 334 g/mol. The lowest BCUT2D eigenvalue weighted by Gasteiger charge is -2.05. The highest BCUT2D eigenvalue weighted by Gasteiger charge is 2.08. The molecule has 6 heteroatoms. The summed E-state index contributed by atoms with van der Waals surface area (Å²) >= 11 is 0. The molecule has 0 fully saturated rings. The fraction of sp³-hybridized carbons (Fsp3) is 0.294. The summed E-state index contributed by atoms with van der Waals surface area (Å²) in [5.41, 5.74) is 0.131. The maximum absolute atomic E-state index is 12.1. The molecule has 0 aliphatic rings. The molecule has 2 rings (SSSR count). The molecule has 0 aliphatic carbocycles. The molecule has 23 heavy (non-hydrogen) atoms. The van der Waals surface area contributed by atoms with E-state index in [1.54, 1.807) is 12.1 Å². The van der Waals surface area contributed by atoms with Crippen LogP contribution >= 0.6 is 0 Å². The Kier molecular flexibility index (Phi) is 5.87. The molecule has 122 valence electrons. The normalized spacial score (nSPS) is 12.6. The minimum absolute atomic E-state index is 0.251. The Morgan fingerprint density at radius 2 is 2.13 bits per heavy atom. The Hall–Kier alpha value is -2.21. The third-order valence-electron chi connectivity index (χ3n) is 3.11. The minimum Gasteiger partial charge on any atom is -0.456 e. The highest BCUT2D eigenvalue weighted by molar-refractivity contribution is 7.87. The second-order valence-electron chi connectivity index (χ2n) is 5.05. The Morgan fingerprint density at radius 1 is 1.35 bits per heavy atom. The summed E-state index contributed by atoms with van der Waals surface area (Å²) < 4.78 is 21.8. The van der Waals surface area contributed by atoms with Crippen molar-refractivity contribution >= 4 is 33.8 Å². The molecule has 1 unspecified atom stereocenters. The second kappa shape index (κ2) is 7.87. The first-order chi connectivity index (χ1) is 11.0. The molecule has 1 atom stereocenters. The van der Waals surface area contributed by atoms with E-state index >= 15 is 0 Å². The highest BCUT2D eigenvalue weighted by atomic mass is 32.2. The minimum atomic E-state index is -1.12. The van der Waals surface area contributed by atoms with E-state index < -0.39 is 10.8 Å². The van der Waals surface area contributed by atoms with Gasteiger partial charge in [-0.2, -0.15) is 0 Å². The zero-order valence-corrected chi connectivity index (χ0v) is 13.9. The topological polar surface area (TPSA) is 73.6 Å². The average Bonchev–Trinajstić information content (AvgIpc) is 2.51. The molecule has 0 spiro atoms.